The second-order valence-electron chi connectivity index (χ2n) is 7.38. The van der Waals surface area contributed by atoms with Gasteiger partial charge in [0.2, 0.25) is 5.91 Å². The van der Waals surface area contributed by atoms with Crippen LogP contribution in [0.4, 0.5) is 5.69 Å². The number of aliphatic carboxylic acids is 1. The van der Waals surface area contributed by atoms with Crippen LogP contribution in [0.3, 0.4) is 0 Å². The largest absolute Gasteiger partial charge is 1.00 e. The van der Waals surface area contributed by atoms with Crippen molar-refractivity contribution in [3.8, 4) is 0 Å². The molecule has 0 spiro atoms. The molecule has 5 heteroatoms. The van der Waals surface area contributed by atoms with Crippen molar-refractivity contribution in [2.75, 3.05) is 4.90 Å². The zero-order chi connectivity index (χ0) is 19.9. The molecule has 0 heterocycles. The van der Waals surface area contributed by atoms with Crippen LogP contribution in [0.5, 0.6) is 0 Å². The van der Waals surface area contributed by atoms with Gasteiger partial charge in [0.05, 0.1) is 12.0 Å². The Labute approximate surface area is 193 Å². The molecule has 0 aliphatic rings. The van der Waals surface area contributed by atoms with Crippen molar-refractivity contribution in [3.63, 3.8) is 0 Å². The molecule has 0 N–H and O–H groups in total. The third-order valence-corrected chi connectivity index (χ3v) is 5.03. The van der Waals surface area contributed by atoms with Gasteiger partial charge in [0.25, 0.3) is 0 Å². The number of carbonyl (C=O) groups excluding carboxylic acids is 2. The molecule has 152 valence electrons. The molecular formula is C23H36NNaO3. The maximum Gasteiger partial charge on any atom is 1.00 e. The van der Waals surface area contributed by atoms with Crippen LogP contribution in [0, 0.1) is 0 Å². The van der Waals surface area contributed by atoms with E-state index in [4.69, 9.17) is 0 Å². The van der Waals surface area contributed by atoms with E-state index in [1.807, 2.05) is 6.07 Å². The summed E-state index contributed by atoms with van der Waals surface area (Å²) in [6.07, 6.45) is 13.9. The number of nitrogens with zero attached hydrogens (tertiary/aromatic N) is 1. The third kappa shape index (κ3) is 11.2. The third-order valence-electron chi connectivity index (χ3n) is 5.03. The summed E-state index contributed by atoms with van der Waals surface area (Å²) < 4.78 is 0. The van der Waals surface area contributed by atoms with Gasteiger partial charge in [0.15, 0.2) is 0 Å². The zero-order valence-electron chi connectivity index (χ0n) is 18.1. The predicted molar refractivity (Wildman–Crippen MR) is 109 cm³/mol. The second kappa shape index (κ2) is 17.1. The molecule has 0 aromatic heterocycles. The molecule has 0 saturated heterocycles. The molecule has 28 heavy (non-hydrogen) atoms. The Kier molecular flexibility index (Phi) is 16.5. The number of hydrogen-bond donors (Lipinski definition) is 0. The molecular weight excluding hydrogens is 361 g/mol. The fraction of sp³-hybridized carbons (Fsp3) is 0.652. The summed E-state index contributed by atoms with van der Waals surface area (Å²) in [5.74, 6) is -1.38. The summed E-state index contributed by atoms with van der Waals surface area (Å²) in [6, 6.07) is 8.02. The minimum atomic E-state index is -1.23. The van der Waals surface area contributed by atoms with Crippen LogP contribution in [-0.2, 0) is 9.59 Å². The minimum absolute atomic E-state index is 0. The van der Waals surface area contributed by atoms with Crippen molar-refractivity contribution in [1.29, 1.82) is 0 Å². The van der Waals surface area contributed by atoms with Gasteiger partial charge in [-0.1, -0.05) is 89.3 Å². The van der Waals surface area contributed by atoms with Crippen LogP contribution < -0.4 is 39.6 Å². The van der Waals surface area contributed by atoms with Gasteiger partial charge < -0.3 is 14.8 Å². The standard InChI is InChI=1S/C23H37NO3.Na/c1-3-4-5-6-7-8-9-10-11-12-16-19-22(25)24(20(2)23(26)27)21-17-14-13-15-18-21;/h13-15,17-18,20H,3-12,16,19H2,1-2H3,(H,26,27);/q;+1/p-1/t20-;/m0./s1. The topological polar surface area (TPSA) is 60.4 Å². The Hall–Kier alpha value is -0.840. The first-order valence-corrected chi connectivity index (χ1v) is 10.7. The van der Waals surface area contributed by atoms with Crippen molar-refractivity contribution >= 4 is 17.6 Å². The number of benzene rings is 1. The van der Waals surface area contributed by atoms with Gasteiger partial charge >= 0.3 is 29.6 Å². The van der Waals surface area contributed by atoms with E-state index in [1.54, 1.807) is 24.3 Å². The first-order valence-electron chi connectivity index (χ1n) is 10.7. The Morgan fingerprint density at radius 2 is 1.32 bits per heavy atom. The number of unbranched alkanes of at least 4 members (excludes halogenated alkanes) is 10. The summed E-state index contributed by atoms with van der Waals surface area (Å²) in [4.78, 5) is 25.2. The molecule has 0 bridgehead atoms. The van der Waals surface area contributed by atoms with E-state index in [9.17, 15) is 14.7 Å². The van der Waals surface area contributed by atoms with E-state index >= 15 is 0 Å². The van der Waals surface area contributed by atoms with Crippen LogP contribution in [0.25, 0.3) is 0 Å². The molecule has 0 unspecified atom stereocenters. The van der Waals surface area contributed by atoms with Crippen LogP contribution in [0.1, 0.15) is 90.9 Å². The van der Waals surface area contributed by atoms with Crippen LogP contribution >= 0.6 is 0 Å². The minimum Gasteiger partial charge on any atom is -0.548 e. The Bertz CT molecular complexity index is 536. The van der Waals surface area contributed by atoms with Crippen LogP contribution in [-0.4, -0.2) is 17.9 Å². The van der Waals surface area contributed by atoms with Gasteiger partial charge in [0, 0.05) is 12.1 Å². The Balaban J connectivity index is 0.00000729. The Morgan fingerprint density at radius 3 is 1.79 bits per heavy atom. The first kappa shape index (κ1) is 27.2. The number of carbonyl (C=O) groups is 2. The average molecular weight is 398 g/mol. The van der Waals surface area contributed by atoms with Gasteiger partial charge in [-0.3, -0.25) is 4.79 Å². The van der Waals surface area contributed by atoms with Gasteiger partial charge in [-0.2, -0.15) is 0 Å². The summed E-state index contributed by atoms with van der Waals surface area (Å²) in [6.45, 7) is 3.74. The van der Waals surface area contributed by atoms with Crippen LogP contribution in [0.2, 0.25) is 0 Å². The molecule has 1 amide bonds. The number of rotatable bonds is 15. The molecule has 0 radical (unpaired) electrons. The van der Waals surface area contributed by atoms with E-state index < -0.39 is 12.0 Å². The van der Waals surface area contributed by atoms with E-state index in [2.05, 4.69) is 6.92 Å². The van der Waals surface area contributed by atoms with E-state index in [1.165, 1.54) is 63.2 Å². The number of anilines is 1. The normalized spacial score (nSPS) is 11.5. The Morgan fingerprint density at radius 1 is 0.857 bits per heavy atom. The fourth-order valence-corrected chi connectivity index (χ4v) is 3.34. The number of carboxylic acid groups (broad SMARTS) is 1. The summed E-state index contributed by atoms with van der Waals surface area (Å²) >= 11 is 0. The molecule has 0 saturated carbocycles. The predicted octanol–water partition coefficient (Wildman–Crippen LogP) is 1.86. The summed E-state index contributed by atoms with van der Waals surface area (Å²) in [5, 5.41) is 11.3. The van der Waals surface area contributed by atoms with E-state index in [0.717, 1.165) is 19.3 Å². The monoisotopic (exact) mass is 397 g/mol. The molecule has 0 aliphatic heterocycles. The van der Waals surface area contributed by atoms with Crippen LogP contribution in [0.15, 0.2) is 30.3 Å². The summed E-state index contributed by atoms with van der Waals surface area (Å²) in [5.41, 5.74) is 0.613. The number of carboxylic acids is 1. The van der Waals surface area contributed by atoms with Crippen molar-refractivity contribution < 1.29 is 44.3 Å². The maximum absolute atomic E-state index is 12.6. The molecule has 4 nitrogen and oxygen atoms in total. The number of amides is 1. The number of hydrogen-bond acceptors (Lipinski definition) is 3. The quantitative estimate of drug-likeness (QED) is 0.335. The van der Waals surface area contributed by atoms with Gasteiger partial charge in [-0.15, -0.1) is 0 Å². The first-order chi connectivity index (χ1) is 13.1. The number of para-hydroxylation sites is 1. The van der Waals surface area contributed by atoms with Gasteiger partial charge in [-0.25, -0.2) is 0 Å². The smallest absolute Gasteiger partial charge is 0.548 e. The van der Waals surface area contributed by atoms with E-state index in [0.29, 0.717) is 12.1 Å². The molecule has 0 aliphatic carbocycles. The van der Waals surface area contributed by atoms with Crippen molar-refractivity contribution in [2.45, 2.75) is 96.9 Å². The van der Waals surface area contributed by atoms with Crippen molar-refractivity contribution in [3.05, 3.63) is 30.3 Å². The molecule has 1 rings (SSSR count). The SMILES string of the molecule is CCCCCCCCCCCCCC(=O)N(c1ccccc1)[C@@H](C)C(=O)[O-].[Na+]. The second-order valence-corrected chi connectivity index (χ2v) is 7.38. The fourth-order valence-electron chi connectivity index (χ4n) is 3.34. The average Bonchev–Trinajstić information content (AvgIpc) is 2.67. The maximum atomic E-state index is 12.6. The van der Waals surface area contributed by atoms with Gasteiger partial charge in [-0.05, 0) is 25.5 Å². The zero-order valence-corrected chi connectivity index (χ0v) is 20.1. The van der Waals surface area contributed by atoms with Crippen molar-refractivity contribution in [1.82, 2.24) is 0 Å². The van der Waals surface area contributed by atoms with E-state index in [-0.39, 0.29) is 35.5 Å². The summed E-state index contributed by atoms with van der Waals surface area (Å²) in [7, 11) is 0. The molecule has 1 aromatic carbocycles. The molecule has 1 atom stereocenters. The molecule has 0 fully saturated rings. The molecule has 1 aromatic rings. The van der Waals surface area contributed by atoms with Gasteiger partial charge in [0.1, 0.15) is 0 Å². The van der Waals surface area contributed by atoms with Crippen molar-refractivity contribution in [2.24, 2.45) is 0 Å².